The molecule has 2 aromatic rings. The number of esters is 1. The molecule has 1 aromatic carbocycles. The molecule has 0 aliphatic carbocycles. The molecule has 7 heteroatoms. The van der Waals surface area contributed by atoms with Crippen molar-refractivity contribution in [3.05, 3.63) is 45.2 Å². The van der Waals surface area contributed by atoms with Crippen LogP contribution in [0.3, 0.4) is 0 Å². The molecule has 0 amide bonds. The van der Waals surface area contributed by atoms with Crippen LogP contribution in [0.25, 0.3) is 11.3 Å². The first-order chi connectivity index (χ1) is 10.4. The third kappa shape index (κ3) is 3.46. The van der Waals surface area contributed by atoms with Crippen LogP contribution in [0.15, 0.2) is 29.1 Å². The first-order valence-electron chi connectivity index (χ1n) is 6.63. The van der Waals surface area contributed by atoms with Gasteiger partial charge in [-0.15, -0.1) is 0 Å². The molecule has 0 saturated heterocycles. The van der Waals surface area contributed by atoms with Gasteiger partial charge in [0, 0.05) is 17.5 Å². The summed E-state index contributed by atoms with van der Waals surface area (Å²) in [6.07, 6.45) is 0. The minimum atomic E-state index is -0.440. The van der Waals surface area contributed by atoms with Gasteiger partial charge < -0.3 is 4.74 Å². The van der Waals surface area contributed by atoms with Crippen molar-refractivity contribution in [3.63, 3.8) is 0 Å². The lowest BCUT2D eigenvalue weighted by Crippen LogP contribution is -2.23. The first-order valence-corrected chi connectivity index (χ1v) is 7.01. The minimum absolute atomic E-state index is 0.0488. The number of benzene rings is 1. The second-order valence-corrected chi connectivity index (χ2v) is 5.16. The van der Waals surface area contributed by atoms with Gasteiger partial charge in [-0.1, -0.05) is 23.7 Å². The molecule has 6 nitrogen and oxygen atoms in total. The Hall–Kier alpha value is -2.34. The molecule has 1 N–H and O–H groups in total. The van der Waals surface area contributed by atoms with Gasteiger partial charge in [0.2, 0.25) is 0 Å². The molecule has 0 spiro atoms. The van der Waals surface area contributed by atoms with E-state index in [9.17, 15) is 14.4 Å². The normalized spacial score (nSPS) is 10.5. The van der Waals surface area contributed by atoms with Crippen LogP contribution in [0, 0.1) is 0 Å². The van der Waals surface area contributed by atoms with E-state index in [-0.39, 0.29) is 24.5 Å². The lowest BCUT2D eigenvalue weighted by molar-refractivity contribution is -0.141. The monoisotopic (exact) mass is 322 g/mol. The summed E-state index contributed by atoms with van der Waals surface area (Å²) in [4.78, 5) is 34.8. The standard InChI is InChI=1S/C15H15ClN2O4/c1-9(19)13-14(11-3-5-12(16)6-4-11)17-18(15(13)21)7-8-22-10(2)20/h3-6,17H,7-8H2,1-2H3. The van der Waals surface area contributed by atoms with Crippen LogP contribution in [-0.4, -0.2) is 28.1 Å². The highest BCUT2D eigenvalue weighted by Crippen LogP contribution is 2.22. The van der Waals surface area contributed by atoms with E-state index in [0.717, 1.165) is 0 Å². The zero-order valence-electron chi connectivity index (χ0n) is 12.2. The number of carbonyl (C=O) groups excluding carboxylic acids is 2. The number of carbonyl (C=O) groups is 2. The molecule has 1 aromatic heterocycles. The van der Waals surface area contributed by atoms with Crippen LogP contribution < -0.4 is 5.56 Å². The van der Waals surface area contributed by atoms with E-state index in [1.54, 1.807) is 24.3 Å². The smallest absolute Gasteiger partial charge is 0.302 e. The van der Waals surface area contributed by atoms with Crippen molar-refractivity contribution in [2.45, 2.75) is 20.4 Å². The van der Waals surface area contributed by atoms with E-state index in [1.807, 2.05) is 0 Å². The second-order valence-electron chi connectivity index (χ2n) is 4.72. The molecular formula is C15H15ClN2O4. The molecule has 0 radical (unpaired) electrons. The molecule has 0 aliphatic rings. The molecule has 22 heavy (non-hydrogen) atoms. The van der Waals surface area contributed by atoms with Crippen LogP contribution in [0.4, 0.5) is 0 Å². The van der Waals surface area contributed by atoms with E-state index in [1.165, 1.54) is 18.5 Å². The summed E-state index contributed by atoms with van der Waals surface area (Å²) in [5.74, 6) is -0.762. The van der Waals surface area contributed by atoms with Gasteiger partial charge >= 0.3 is 5.97 Å². The zero-order valence-corrected chi connectivity index (χ0v) is 12.9. The SMILES string of the molecule is CC(=O)OCCn1[nH]c(-c2ccc(Cl)cc2)c(C(C)=O)c1=O. The third-order valence-electron chi connectivity index (χ3n) is 3.06. The van der Waals surface area contributed by atoms with Crippen molar-refractivity contribution in [1.82, 2.24) is 9.78 Å². The number of nitrogens with zero attached hydrogens (tertiary/aromatic N) is 1. The van der Waals surface area contributed by atoms with E-state index >= 15 is 0 Å². The summed E-state index contributed by atoms with van der Waals surface area (Å²) in [5, 5.41) is 3.45. The van der Waals surface area contributed by atoms with E-state index < -0.39 is 11.5 Å². The Morgan fingerprint density at radius 1 is 1.23 bits per heavy atom. The maximum atomic E-state index is 12.3. The summed E-state index contributed by atoms with van der Waals surface area (Å²) in [5.41, 5.74) is 0.740. The number of ether oxygens (including phenoxy) is 1. The van der Waals surface area contributed by atoms with Crippen LogP contribution >= 0.6 is 11.6 Å². The number of hydrogen-bond acceptors (Lipinski definition) is 4. The summed E-state index contributed by atoms with van der Waals surface area (Å²) in [7, 11) is 0. The van der Waals surface area contributed by atoms with Gasteiger partial charge in [-0.05, 0) is 19.1 Å². The largest absolute Gasteiger partial charge is 0.464 e. The maximum absolute atomic E-state index is 12.3. The van der Waals surface area contributed by atoms with Crippen LogP contribution in [0.1, 0.15) is 24.2 Å². The third-order valence-corrected chi connectivity index (χ3v) is 3.31. The molecule has 0 unspecified atom stereocenters. The first kappa shape index (κ1) is 16.0. The molecule has 0 aliphatic heterocycles. The number of aromatic nitrogens is 2. The van der Waals surface area contributed by atoms with E-state index in [0.29, 0.717) is 16.3 Å². The Bertz CT molecular complexity index is 759. The minimum Gasteiger partial charge on any atom is -0.464 e. The zero-order chi connectivity index (χ0) is 16.3. The highest BCUT2D eigenvalue weighted by atomic mass is 35.5. The van der Waals surface area contributed by atoms with Gasteiger partial charge in [0.25, 0.3) is 5.56 Å². The quantitative estimate of drug-likeness (QED) is 0.676. The Morgan fingerprint density at radius 3 is 2.41 bits per heavy atom. The number of halogens is 1. The number of aromatic amines is 1. The lowest BCUT2D eigenvalue weighted by atomic mass is 10.1. The fourth-order valence-electron chi connectivity index (χ4n) is 2.07. The number of rotatable bonds is 5. The van der Waals surface area contributed by atoms with Gasteiger partial charge in [-0.2, -0.15) is 0 Å². The van der Waals surface area contributed by atoms with Crippen LogP contribution in [0.2, 0.25) is 5.02 Å². The van der Waals surface area contributed by atoms with Gasteiger partial charge in [-0.3, -0.25) is 19.5 Å². The maximum Gasteiger partial charge on any atom is 0.302 e. The summed E-state index contributed by atoms with van der Waals surface area (Å²) in [6.45, 7) is 2.82. The Morgan fingerprint density at radius 2 is 1.86 bits per heavy atom. The number of Topliss-reactive ketones (excluding diaryl/α,β-unsaturated/α-hetero) is 1. The Balaban J connectivity index is 2.41. The molecule has 0 saturated carbocycles. The topological polar surface area (TPSA) is 81.2 Å². The van der Waals surface area contributed by atoms with Crippen molar-refractivity contribution in [3.8, 4) is 11.3 Å². The van der Waals surface area contributed by atoms with Gasteiger partial charge in [-0.25, -0.2) is 4.68 Å². The summed E-state index contributed by atoms with van der Waals surface area (Å²) in [6, 6.07) is 6.79. The molecule has 2 rings (SSSR count). The summed E-state index contributed by atoms with van der Waals surface area (Å²) >= 11 is 5.84. The molecule has 116 valence electrons. The van der Waals surface area contributed by atoms with Crippen molar-refractivity contribution in [2.24, 2.45) is 0 Å². The fourth-order valence-corrected chi connectivity index (χ4v) is 2.20. The van der Waals surface area contributed by atoms with Gasteiger partial charge in [0.1, 0.15) is 12.2 Å². The predicted octanol–water partition coefficient (Wildman–Crippen LogP) is 2.26. The van der Waals surface area contributed by atoms with E-state index in [2.05, 4.69) is 5.10 Å². The fraction of sp³-hybridized carbons (Fsp3) is 0.267. The number of H-pyrrole nitrogens is 1. The summed E-state index contributed by atoms with van der Waals surface area (Å²) < 4.78 is 6.06. The number of hydrogen-bond donors (Lipinski definition) is 1. The van der Waals surface area contributed by atoms with E-state index in [4.69, 9.17) is 16.3 Å². The van der Waals surface area contributed by atoms with Crippen molar-refractivity contribution in [1.29, 1.82) is 0 Å². The number of ketones is 1. The van der Waals surface area contributed by atoms with Gasteiger partial charge in [0.15, 0.2) is 5.78 Å². The molecule has 0 bridgehead atoms. The Labute approximate surface area is 131 Å². The lowest BCUT2D eigenvalue weighted by Gasteiger charge is -2.03. The number of nitrogens with one attached hydrogen (secondary N) is 1. The van der Waals surface area contributed by atoms with Crippen LogP contribution in [0.5, 0.6) is 0 Å². The highest BCUT2D eigenvalue weighted by Gasteiger charge is 2.19. The van der Waals surface area contributed by atoms with Crippen LogP contribution in [-0.2, 0) is 16.1 Å². The molecular weight excluding hydrogens is 308 g/mol. The molecule has 0 fully saturated rings. The Kier molecular flexibility index (Phi) is 4.82. The second kappa shape index (κ2) is 6.62. The van der Waals surface area contributed by atoms with Crippen molar-refractivity contribution >= 4 is 23.4 Å². The van der Waals surface area contributed by atoms with Crippen molar-refractivity contribution in [2.75, 3.05) is 6.61 Å². The average molecular weight is 323 g/mol. The molecule has 0 atom stereocenters. The van der Waals surface area contributed by atoms with Gasteiger partial charge in [0.05, 0.1) is 12.2 Å². The molecule has 1 heterocycles. The predicted molar refractivity (Wildman–Crippen MR) is 82.1 cm³/mol. The van der Waals surface area contributed by atoms with Crippen molar-refractivity contribution < 1.29 is 14.3 Å². The highest BCUT2D eigenvalue weighted by molar-refractivity contribution is 6.30. The average Bonchev–Trinajstić information content (AvgIpc) is 2.76.